The average Bonchev–Trinajstić information content (AvgIpc) is 1.97. The summed E-state index contributed by atoms with van der Waals surface area (Å²) in [6.07, 6.45) is 2.40. The number of carbonyl (C=O) groups is 1. The largest absolute Gasteiger partial charge is 0.352 e. The van der Waals surface area contributed by atoms with Gasteiger partial charge in [0.2, 0.25) is 0 Å². The first kappa shape index (κ1) is 9.99. The highest BCUT2D eigenvalue weighted by Gasteiger charge is 1.89. The quantitative estimate of drug-likeness (QED) is 0.484. The van der Waals surface area contributed by atoms with E-state index in [-0.39, 0.29) is 5.91 Å². The molecule has 2 heteroatoms. The van der Waals surface area contributed by atoms with Crippen molar-refractivity contribution >= 4 is 5.91 Å². The second-order valence-electron chi connectivity index (χ2n) is 2.58. The van der Waals surface area contributed by atoms with Crippen LogP contribution in [-0.4, -0.2) is 12.5 Å². The molecule has 0 aromatic rings. The summed E-state index contributed by atoms with van der Waals surface area (Å²) in [6.45, 7) is 6.57. The van der Waals surface area contributed by atoms with Gasteiger partial charge in [-0.05, 0) is 25.8 Å². The van der Waals surface area contributed by atoms with Gasteiger partial charge < -0.3 is 5.32 Å². The first-order chi connectivity index (χ1) is 5.16. The maximum absolute atomic E-state index is 10.9. The fourth-order valence-electron chi connectivity index (χ4n) is 0.509. The van der Waals surface area contributed by atoms with Crippen LogP contribution in [0.1, 0.15) is 27.2 Å². The lowest BCUT2D eigenvalue weighted by Gasteiger charge is -1.95. The maximum atomic E-state index is 10.9. The van der Waals surface area contributed by atoms with Crippen LogP contribution in [0.5, 0.6) is 0 Å². The van der Waals surface area contributed by atoms with Crippen LogP contribution < -0.4 is 5.32 Å². The first-order valence-corrected chi connectivity index (χ1v) is 3.84. The lowest BCUT2D eigenvalue weighted by atomic mass is 10.3. The molecule has 0 aliphatic heterocycles. The van der Waals surface area contributed by atoms with Gasteiger partial charge in [0.1, 0.15) is 0 Å². The Balaban J connectivity index is 3.79. The van der Waals surface area contributed by atoms with E-state index >= 15 is 0 Å². The molecule has 0 unspecified atom stereocenters. The van der Waals surface area contributed by atoms with E-state index in [4.69, 9.17) is 0 Å². The Morgan fingerprint density at radius 3 is 2.64 bits per heavy atom. The van der Waals surface area contributed by atoms with Crippen molar-refractivity contribution in [3.05, 3.63) is 17.4 Å². The van der Waals surface area contributed by atoms with Gasteiger partial charge in [-0.15, -0.1) is 5.73 Å². The Morgan fingerprint density at radius 1 is 1.55 bits per heavy atom. The molecule has 0 saturated carbocycles. The molecule has 0 spiro atoms. The minimum absolute atomic E-state index is 0.0620. The van der Waals surface area contributed by atoms with Crippen LogP contribution in [0.25, 0.3) is 0 Å². The van der Waals surface area contributed by atoms with E-state index in [1.54, 1.807) is 0 Å². The van der Waals surface area contributed by atoms with Crippen molar-refractivity contribution in [3.8, 4) is 0 Å². The fraction of sp³-hybridized carbons (Fsp3) is 0.556. The highest BCUT2D eigenvalue weighted by molar-refractivity contribution is 5.87. The maximum Gasteiger partial charge on any atom is 0.251 e. The van der Waals surface area contributed by atoms with Crippen molar-refractivity contribution in [3.63, 3.8) is 0 Å². The third-order valence-corrected chi connectivity index (χ3v) is 1.04. The number of carbonyl (C=O) groups excluding carboxylic acids is 1. The van der Waals surface area contributed by atoms with Gasteiger partial charge >= 0.3 is 0 Å². The van der Waals surface area contributed by atoms with Crippen molar-refractivity contribution < 1.29 is 4.79 Å². The molecule has 0 atom stereocenters. The van der Waals surface area contributed by atoms with E-state index in [1.165, 1.54) is 6.08 Å². The minimum atomic E-state index is -0.0620. The van der Waals surface area contributed by atoms with Gasteiger partial charge in [-0.25, -0.2) is 0 Å². The van der Waals surface area contributed by atoms with E-state index in [0.717, 1.165) is 18.5 Å². The van der Waals surface area contributed by atoms with Crippen molar-refractivity contribution in [1.82, 2.24) is 5.32 Å². The van der Waals surface area contributed by atoms with E-state index in [9.17, 15) is 4.79 Å². The Bertz CT molecular complexity index is 184. The van der Waals surface area contributed by atoms with Gasteiger partial charge in [0.05, 0.1) is 0 Å². The summed E-state index contributed by atoms with van der Waals surface area (Å²) in [4.78, 5) is 10.9. The third-order valence-electron chi connectivity index (χ3n) is 1.04. The molecule has 0 aliphatic carbocycles. The molecule has 0 heterocycles. The summed E-state index contributed by atoms with van der Waals surface area (Å²) in [5.74, 6) is -0.0620. The molecular formula is C9H15NO. The highest BCUT2D eigenvalue weighted by atomic mass is 16.1. The fourth-order valence-corrected chi connectivity index (χ4v) is 0.509. The normalized spacial score (nSPS) is 8.27. The van der Waals surface area contributed by atoms with E-state index in [2.05, 4.69) is 11.0 Å². The molecular weight excluding hydrogens is 138 g/mol. The van der Waals surface area contributed by atoms with Gasteiger partial charge in [-0.2, -0.15) is 0 Å². The van der Waals surface area contributed by atoms with Gasteiger partial charge in [-0.1, -0.05) is 6.92 Å². The molecule has 0 fully saturated rings. The predicted molar refractivity (Wildman–Crippen MR) is 46.2 cm³/mol. The zero-order valence-electron chi connectivity index (χ0n) is 7.40. The number of nitrogens with one attached hydrogen (secondary N) is 1. The molecule has 0 radical (unpaired) electrons. The lowest BCUT2D eigenvalue weighted by molar-refractivity contribution is -0.116. The van der Waals surface area contributed by atoms with Crippen molar-refractivity contribution in [2.24, 2.45) is 0 Å². The van der Waals surface area contributed by atoms with Crippen molar-refractivity contribution in [2.75, 3.05) is 6.54 Å². The molecule has 0 bridgehead atoms. The summed E-state index contributed by atoms with van der Waals surface area (Å²) < 4.78 is 0. The lowest BCUT2D eigenvalue weighted by Crippen LogP contribution is -2.21. The average molecular weight is 153 g/mol. The number of amides is 1. The Kier molecular flexibility index (Phi) is 5.22. The van der Waals surface area contributed by atoms with Crippen molar-refractivity contribution in [2.45, 2.75) is 27.2 Å². The van der Waals surface area contributed by atoms with E-state index in [1.807, 2.05) is 20.8 Å². The smallest absolute Gasteiger partial charge is 0.251 e. The van der Waals surface area contributed by atoms with Crippen molar-refractivity contribution in [1.29, 1.82) is 0 Å². The second-order valence-corrected chi connectivity index (χ2v) is 2.58. The van der Waals surface area contributed by atoms with Gasteiger partial charge in [-0.3, -0.25) is 4.79 Å². The topological polar surface area (TPSA) is 29.1 Å². The minimum Gasteiger partial charge on any atom is -0.352 e. The molecule has 0 aromatic carbocycles. The molecule has 2 nitrogen and oxygen atoms in total. The van der Waals surface area contributed by atoms with Crippen LogP contribution in [0.2, 0.25) is 0 Å². The molecule has 0 aliphatic rings. The Hall–Kier alpha value is -1.01. The highest BCUT2D eigenvalue weighted by Crippen LogP contribution is 1.82. The second kappa shape index (κ2) is 5.75. The molecule has 1 amide bonds. The Morgan fingerprint density at radius 2 is 2.18 bits per heavy atom. The summed E-state index contributed by atoms with van der Waals surface area (Å²) >= 11 is 0. The zero-order chi connectivity index (χ0) is 8.69. The zero-order valence-corrected chi connectivity index (χ0v) is 7.40. The molecule has 0 rings (SSSR count). The molecule has 1 N–H and O–H groups in total. The summed E-state index contributed by atoms with van der Waals surface area (Å²) in [5.41, 5.74) is 3.84. The Labute approximate surface area is 68.0 Å². The van der Waals surface area contributed by atoms with Crippen LogP contribution in [0.3, 0.4) is 0 Å². The molecule has 11 heavy (non-hydrogen) atoms. The predicted octanol–water partition coefficient (Wildman–Crippen LogP) is 1.63. The molecule has 62 valence electrons. The standard InChI is InChI=1S/C9H15NO/c1-4-7-10-9(11)6-5-8(2)3/h6H,4,7H2,1-3H3,(H,10,11). The summed E-state index contributed by atoms with van der Waals surface area (Å²) in [7, 11) is 0. The number of hydrogen-bond acceptors (Lipinski definition) is 1. The molecule has 0 aromatic heterocycles. The van der Waals surface area contributed by atoms with Crippen LogP contribution in [0, 0.1) is 0 Å². The van der Waals surface area contributed by atoms with Crippen LogP contribution in [-0.2, 0) is 4.79 Å². The third kappa shape index (κ3) is 6.88. The van der Waals surface area contributed by atoms with Gasteiger partial charge in [0, 0.05) is 12.6 Å². The number of rotatable bonds is 3. The summed E-state index contributed by atoms with van der Waals surface area (Å²) in [5, 5.41) is 2.72. The molecule has 0 saturated heterocycles. The van der Waals surface area contributed by atoms with Crippen LogP contribution >= 0.6 is 0 Å². The van der Waals surface area contributed by atoms with E-state index in [0.29, 0.717) is 0 Å². The summed E-state index contributed by atoms with van der Waals surface area (Å²) in [6, 6.07) is 0. The first-order valence-electron chi connectivity index (χ1n) is 3.84. The monoisotopic (exact) mass is 153 g/mol. The van der Waals surface area contributed by atoms with Gasteiger partial charge in [0.15, 0.2) is 0 Å². The number of hydrogen-bond donors (Lipinski definition) is 1. The van der Waals surface area contributed by atoms with Crippen LogP contribution in [0.4, 0.5) is 0 Å². The van der Waals surface area contributed by atoms with Gasteiger partial charge in [0.25, 0.3) is 5.91 Å². The SMILES string of the molecule is CCCNC(=O)C=C=C(C)C. The van der Waals surface area contributed by atoms with Crippen LogP contribution in [0.15, 0.2) is 17.4 Å². The van der Waals surface area contributed by atoms with E-state index < -0.39 is 0 Å².